The Labute approximate surface area is 235 Å². The Balaban J connectivity index is 0.00000100. The molecule has 2 fully saturated rings. The number of hydrogen-bond donors (Lipinski definition) is 2. The fraction of sp³-hybridized carbons (Fsp3) is 0.500. The minimum atomic E-state index is -0.469. The summed E-state index contributed by atoms with van der Waals surface area (Å²) in [5.41, 5.74) is 3.95. The van der Waals surface area contributed by atoms with Crippen molar-refractivity contribution < 1.29 is 14.6 Å². The van der Waals surface area contributed by atoms with Gasteiger partial charge in [0.25, 0.3) is 5.91 Å². The van der Waals surface area contributed by atoms with Crippen molar-refractivity contribution in [3.05, 3.63) is 53.7 Å². The minimum Gasteiger partial charge on any atom is -0.391 e. The summed E-state index contributed by atoms with van der Waals surface area (Å²) in [4.78, 5) is 27.1. The van der Waals surface area contributed by atoms with Crippen LogP contribution in [0.2, 0.25) is 0 Å². The highest BCUT2D eigenvalue weighted by Gasteiger charge is 2.25. The van der Waals surface area contributed by atoms with Gasteiger partial charge in [-0.05, 0) is 49.3 Å². The van der Waals surface area contributed by atoms with Gasteiger partial charge in [0.2, 0.25) is 0 Å². The van der Waals surface area contributed by atoms with Crippen molar-refractivity contribution in [1.82, 2.24) is 14.9 Å². The normalized spacial score (nSPS) is 17.9. The summed E-state index contributed by atoms with van der Waals surface area (Å²) in [6.07, 6.45) is 2.85. The van der Waals surface area contributed by atoms with Gasteiger partial charge in [0.15, 0.2) is 0 Å². The highest BCUT2D eigenvalue weighted by molar-refractivity contribution is 7.27. The first-order valence-electron chi connectivity index (χ1n) is 14.2. The molecule has 9 heteroatoms. The Morgan fingerprint density at radius 2 is 1.87 bits per heavy atom. The molecule has 3 heterocycles. The predicted molar refractivity (Wildman–Crippen MR) is 164 cm³/mol. The molecule has 0 saturated carbocycles. The number of benzene rings is 2. The number of aromatic nitrogens is 2. The number of carbonyl (C=O) groups excluding carboxylic acids is 1. The van der Waals surface area contributed by atoms with Crippen LogP contribution in [0.4, 0.5) is 11.5 Å². The van der Waals surface area contributed by atoms with E-state index in [2.05, 4.69) is 32.4 Å². The van der Waals surface area contributed by atoms with Crippen molar-refractivity contribution in [2.24, 2.45) is 0 Å². The van der Waals surface area contributed by atoms with Gasteiger partial charge in [-0.1, -0.05) is 39.8 Å². The maximum Gasteiger partial charge on any atom is 0.254 e. The van der Waals surface area contributed by atoms with Crippen molar-refractivity contribution in [1.29, 1.82) is 0 Å². The summed E-state index contributed by atoms with van der Waals surface area (Å²) in [5, 5.41) is 14.7. The van der Waals surface area contributed by atoms with Crippen molar-refractivity contribution in [2.45, 2.75) is 59.6 Å². The zero-order chi connectivity index (χ0) is 28.4. The van der Waals surface area contributed by atoms with Crippen molar-refractivity contribution >= 4 is 43.0 Å². The van der Waals surface area contributed by atoms with E-state index in [0.717, 1.165) is 53.8 Å². The number of hydrogen-bond acceptors (Lipinski definition) is 7. The van der Waals surface area contributed by atoms with Gasteiger partial charge in [-0.2, -0.15) is 0 Å². The predicted octanol–water partition coefficient (Wildman–Crippen LogP) is 4.79. The quantitative estimate of drug-likeness (QED) is 0.439. The molecule has 3 aromatic rings. The molecule has 5 rings (SSSR count). The Morgan fingerprint density at radius 3 is 2.56 bits per heavy atom. The van der Waals surface area contributed by atoms with E-state index >= 15 is 0 Å². The summed E-state index contributed by atoms with van der Waals surface area (Å²) in [6, 6.07) is 11.8. The molecule has 39 heavy (non-hydrogen) atoms. The molecule has 2 aromatic carbocycles. The number of fused-ring (bicyclic) bond motifs is 1. The summed E-state index contributed by atoms with van der Waals surface area (Å²) in [7, 11) is 2.72. The van der Waals surface area contributed by atoms with E-state index in [-0.39, 0.29) is 11.9 Å². The van der Waals surface area contributed by atoms with Crippen LogP contribution in [0.1, 0.15) is 69.4 Å². The van der Waals surface area contributed by atoms with Crippen LogP contribution in [0.5, 0.6) is 0 Å². The van der Waals surface area contributed by atoms with Crippen molar-refractivity contribution in [3.63, 3.8) is 0 Å². The maximum atomic E-state index is 13.4. The Bertz CT molecular complexity index is 1220. The number of anilines is 2. The maximum absolute atomic E-state index is 13.4. The molecular formula is C30H44N5O3P. The summed E-state index contributed by atoms with van der Waals surface area (Å²) >= 11 is 0. The zero-order valence-electron chi connectivity index (χ0n) is 24.0. The minimum absolute atomic E-state index is 0.0786. The molecule has 3 unspecified atom stereocenters. The number of likely N-dealkylation sites (tertiary alicyclic amines) is 1. The van der Waals surface area contributed by atoms with Crippen LogP contribution >= 0.6 is 9.24 Å². The van der Waals surface area contributed by atoms with Crippen molar-refractivity contribution in [3.8, 4) is 0 Å². The lowest BCUT2D eigenvalue weighted by atomic mass is 10.00. The molecule has 0 bridgehead atoms. The van der Waals surface area contributed by atoms with Gasteiger partial charge in [0, 0.05) is 43.0 Å². The molecule has 3 atom stereocenters. The van der Waals surface area contributed by atoms with E-state index < -0.39 is 6.10 Å². The Kier molecular flexibility index (Phi) is 11.9. The first-order valence-corrected chi connectivity index (χ1v) is 14.8. The SMILES string of the molecule is CC.CC.CC(Nc1cccc(P)c1)c1cc(C(=O)N2CCCC(O)C2)cc2ncc(N3CCOCC3)nc12. The molecule has 1 aromatic heterocycles. The van der Waals surface area contributed by atoms with E-state index in [1.807, 2.05) is 58.0 Å². The third-order valence-electron chi connectivity index (χ3n) is 6.67. The molecule has 0 spiro atoms. The number of morpholine rings is 1. The molecule has 1 amide bonds. The van der Waals surface area contributed by atoms with Gasteiger partial charge in [-0.15, -0.1) is 9.24 Å². The van der Waals surface area contributed by atoms with Crippen LogP contribution in [0, 0.1) is 0 Å². The number of piperidine rings is 1. The Hall–Kier alpha value is -2.80. The largest absolute Gasteiger partial charge is 0.391 e. The van der Waals surface area contributed by atoms with E-state index in [9.17, 15) is 9.90 Å². The van der Waals surface area contributed by atoms with Gasteiger partial charge in [-0.3, -0.25) is 9.78 Å². The highest BCUT2D eigenvalue weighted by Crippen LogP contribution is 2.29. The molecule has 0 aliphatic carbocycles. The second-order valence-corrected chi connectivity index (χ2v) is 9.97. The number of aliphatic hydroxyl groups excluding tert-OH is 1. The second kappa shape index (κ2) is 15.1. The lowest BCUT2D eigenvalue weighted by Crippen LogP contribution is -2.42. The number of aliphatic hydroxyl groups is 1. The fourth-order valence-electron chi connectivity index (χ4n) is 4.81. The van der Waals surface area contributed by atoms with E-state index in [0.29, 0.717) is 37.4 Å². The molecule has 0 radical (unpaired) electrons. The molecule has 2 saturated heterocycles. The smallest absolute Gasteiger partial charge is 0.254 e. The third-order valence-corrected chi connectivity index (χ3v) is 7.03. The van der Waals surface area contributed by atoms with Crippen molar-refractivity contribution in [2.75, 3.05) is 49.6 Å². The van der Waals surface area contributed by atoms with Crippen LogP contribution in [-0.2, 0) is 4.74 Å². The van der Waals surface area contributed by atoms with E-state index in [1.54, 1.807) is 11.1 Å². The molecule has 212 valence electrons. The average molecular weight is 554 g/mol. The monoisotopic (exact) mass is 553 g/mol. The molecule has 8 nitrogen and oxygen atoms in total. The van der Waals surface area contributed by atoms with Crippen LogP contribution in [0.25, 0.3) is 11.0 Å². The lowest BCUT2D eigenvalue weighted by molar-refractivity contribution is 0.0474. The topological polar surface area (TPSA) is 90.8 Å². The zero-order valence-corrected chi connectivity index (χ0v) is 25.1. The van der Waals surface area contributed by atoms with Crippen LogP contribution in [0.15, 0.2) is 42.6 Å². The average Bonchev–Trinajstić information content (AvgIpc) is 2.98. The van der Waals surface area contributed by atoms with Crippen LogP contribution in [-0.4, -0.2) is 71.4 Å². The molecule has 2 N–H and O–H groups in total. The number of β-amino-alcohol motifs (C(OH)–C–C–N with tert-alkyl or cyclic N) is 1. The summed E-state index contributed by atoms with van der Waals surface area (Å²) in [6.45, 7) is 14.0. The molecule has 2 aliphatic heterocycles. The van der Waals surface area contributed by atoms with Gasteiger partial charge in [0.05, 0.1) is 42.6 Å². The second-order valence-electron chi connectivity index (χ2n) is 9.30. The van der Waals surface area contributed by atoms with Gasteiger partial charge < -0.3 is 25.0 Å². The first kappa shape index (κ1) is 30.7. The number of amides is 1. The van der Waals surface area contributed by atoms with E-state index in [1.165, 1.54) is 0 Å². The standard InChI is InChI=1S/C26H32N5O3P.2C2H6/c1-17(28-19-4-2-6-21(35)14-19)22-12-18(26(33)31-7-3-5-20(32)16-31)13-23-25(22)29-24(15-27-23)30-8-10-34-11-9-30;2*1-2/h2,4,6,12-15,17,20,28,32H,3,5,7-11,16,35H2,1H3;2*1-2H3. The summed E-state index contributed by atoms with van der Waals surface area (Å²) in [5.74, 6) is 0.740. The number of nitrogens with one attached hydrogen (secondary N) is 1. The number of nitrogens with zero attached hydrogens (tertiary/aromatic N) is 4. The Morgan fingerprint density at radius 1 is 1.13 bits per heavy atom. The van der Waals surface area contributed by atoms with Crippen LogP contribution in [0.3, 0.4) is 0 Å². The lowest BCUT2D eigenvalue weighted by Gasteiger charge is -2.30. The molecular weight excluding hydrogens is 509 g/mol. The van der Waals surface area contributed by atoms with Gasteiger partial charge in [0.1, 0.15) is 5.82 Å². The van der Waals surface area contributed by atoms with Gasteiger partial charge in [-0.25, -0.2) is 4.98 Å². The summed E-state index contributed by atoms with van der Waals surface area (Å²) < 4.78 is 5.49. The number of rotatable bonds is 5. The number of ether oxygens (including phenoxy) is 1. The highest BCUT2D eigenvalue weighted by atomic mass is 31.0. The fourth-order valence-corrected chi connectivity index (χ4v) is 5.10. The first-order chi connectivity index (χ1) is 19.0. The number of carbonyl (C=O) groups is 1. The molecule has 2 aliphatic rings. The van der Waals surface area contributed by atoms with E-state index in [4.69, 9.17) is 14.7 Å². The van der Waals surface area contributed by atoms with Gasteiger partial charge >= 0.3 is 0 Å². The third kappa shape index (κ3) is 7.87. The van der Waals surface area contributed by atoms with Crippen LogP contribution < -0.4 is 15.5 Å².